The quantitative estimate of drug-likeness (QED) is 0.0608. The highest BCUT2D eigenvalue weighted by Crippen LogP contribution is 2.42. The van der Waals surface area contributed by atoms with Crippen molar-refractivity contribution in [3.8, 4) is 22.5 Å². The van der Waals surface area contributed by atoms with Gasteiger partial charge in [-0.15, -0.1) is 10.2 Å². The van der Waals surface area contributed by atoms with E-state index in [1.165, 1.54) is 48.5 Å². The molecule has 26 heteroatoms. The zero-order chi connectivity index (χ0) is 58.2. The number of likely N-dealkylation sites (tertiary alicyclic amines) is 2. The summed E-state index contributed by atoms with van der Waals surface area (Å²) in [6.45, 7) is 4.39. The highest BCUT2D eigenvalue weighted by molar-refractivity contribution is 5.95. The first-order chi connectivity index (χ1) is 39.1. The predicted octanol–water partition coefficient (Wildman–Crippen LogP) is 9.14. The zero-order valence-corrected chi connectivity index (χ0v) is 45.6. The third-order valence-electron chi connectivity index (χ3n) is 15.9. The molecule has 5 aromatic rings. The van der Waals surface area contributed by atoms with E-state index in [0.717, 1.165) is 82.8 Å². The van der Waals surface area contributed by atoms with Crippen LogP contribution in [-0.2, 0) is 33.1 Å². The van der Waals surface area contributed by atoms with Crippen LogP contribution in [0.1, 0.15) is 160 Å². The number of H-pyrrole nitrogens is 1. The van der Waals surface area contributed by atoms with Crippen LogP contribution in [0.4, 0.5) is 35.1 Å². The molecule has 0 bridgehead atoms. The molecule has 82 heavy (non-hydrogen) atoms. The van der Waals surface area contributed by atoms with Crippen molar-refractivity contribution in [1.29, 1.82) is 0 Å². The summed E-state index contributed by atoms with van der Waals surface area (Å²) < 4.78 is 120. The highest BCUT2D eigenvalue weighted by Gasteiger charge is 2.40. The lowest BCUT2D eigenvalue weighted by Gasteiger charge is -2.39. The lowest BCUT2D eigenvalue weighted by molar-refractivity contribution is -0.137. The van der Waals surface area contributed by atoms with Crippen LogP contribution in [0, 0.1) is 0 Å². The van der Waals surface area contributed by atoms with Gasteiger partial charge in [0.15, 0.2) is 17.2 Å². The zero-order valence-electron chi connectivity index (χ0n) is 45.6. The summed E-state index contributed by atoms with van der Waals surface area (Å²) in [6, 6.07) is 11.7. The Kier molecular flexibility index (Phi) is 18.8. The van der Waals surface area contributed by atoms with Crippen molar-refractivity contribution in [2.24, 2.45) is 0 Å². The van der Waals surface area contributed by atoms with E-state index in [1.807, 2.05) is 6.92 Å². The van der Waals surface area contributed by atoms with Gasteiger partial charge in [-0.1, -0.05) is 67.3 Å². The molecule has 18 nitrogen and oxygen atoms in total. The molecule has 444 valence electrons. The maximum atomic E-state index is 13.9. The van der Waals surface area contributed by atoms with Crippen molar-refractivity contribution in [3.05, 3.63) is 89.0 Å². The van der Waals surface area contributed by atoms with Crippen molar-refractivity contribution >= 4 is 23.6 Å². The van der Waals surface area contributed by atoms with Crippen LogP contribution in [0.5, 0.6) is 0 Å². The largest absolute Gasteiger partial charge is 0.417 e. The number of nitrogens with one attached hydrogen (secondary N) is 4. The fraction of sp³-hybridized carbons (Fsp3) is 0.589. The summed E-state index contributed by atoms with van der Waals surface area (Å²) in [4.78, 5) is 56.4. The van der Waals surface area contributed by atoms with Gasteiger partial charge in [0.1, 0.15) is 0 Å². The number of carbonyl (C=O) groups is 4. The summed E-state index contributed by atoms with van der Waals surface area (Å²) in [5.74, 6) is -4.09. The highest BCUT2D eigenvalue weighted by atomic mass is 19.4. The van der Waals surface area contributed by atoms with E-state index in [1.54, 1.807) is 19.2 Å². The first kappa shape index (κ1) is 59.8. The number of rotatable bonds is 18. The summed E-state index contributed by atoms with van der Waals surface area (Å²) in [5.41, 5.74) is -1.79. The van der Waals surface area contributed by atoms with Crippen molar-refractivity contribution in [2.75, 3.05) is 45.9 Å². The van der Waals surface area contributed by atoms with Gasteiger partial charge in [0, 0.05) is 68.5 Å². The molecule has 2 saturated carbocycles. The van der Waals surface area contributed by atoms with Gasteiger partial charge >= 0.3 is 12.4 Å². The normalized spacial score (nSPS) is 19.4. The molecular formula is C56H69F8N13O5. The molecule has 2 aromatic carbocycles. The number of aromatic nitrogens is 8. The Balaban J connectivity index is 0.000000198. The second kappa shape index (κ2) is 25.8. The number of hydrogen-bond acceptors (Lipinski definition) is 11. The monoisotopic (exact) mass is 1160 g/mol. The number of tetrazole rings is 1. The van der Waals surface area contributed by atoms with E-state index in [0.29, 0.717) is 58.1 Å². The molecule has 0 radical (unpaired) electrons. The topological polar surface area (TPSA) is 210 Å². The number of alkyl halides is 8. The van der Waals surface area contributed by atoms with Crippen LogP contribution >= 0.6 is 0 Å². The number of benzene rings is 2. The van der Waals surface area contributed by atoms with Gasteiger partial charge in [-0.2, -0.15) is 41.8 Å². The van der Waals surface area contributed by atoms with Crippen molar-refractivity contribution in [3.63, 3.8) is 0 Å². The minimum Gasteiger partial charge on any atom is -0.376 e. The maximum Gasteiger partial charge on any atom is 0.417 e. The number of ether oxygens (including phenoxy) is 1. The molecular weight excluding hydrogens is 1090 g/mol. The molecule has 3 aromatic heterocycles. The number of amides is 4. The van der Waals surface area contributed by atoms with E-state index in [-0.39, 0.29) is 90.0 Å². The Bertz CT molecular complexity index is 2980. The minimum absolute atomic E-state index is 0.0125. The second-order valence-corrected chi connectivity index (χ2v) is 22.5. The van der Waals surface area contributed by atoms with Crippen LogP contribution < -0.4 is 16.0 Å². The van der Waals surface area contributed by atoms with Crippen molar-refractivity contribution in [1.82, 2.24) is 65.9 Å². The van der Waals surface area contributed by atoms with Gasteiger partial charge in [-0.05, 0) is 95.5 Å². The van der Waals surface area contributed by atoms with Gasteiger partial charge in [0.2, 0.25) is 11.8 Å². The SMILES string of the molecule is CC1(NC(=O)CC(CC(=O)N2CCCCC2)NC(=O)c2cc(-c3ccccc3C(F)(F)F)n(C3CCCC3)n2)COC1.O=C(NC(CCN1CCCC(F)(F)C1)Cc1nn[nH]n1)c1cc(-c2ccccc2C(F)(F)F)n(C2CCCC2)n1. The number of piperidine rings is 2. The number of hydrogen-bond donors (Lipinski definition) is 4. The van der Waals surface area contributed by atoms with Gasteiger partial charge in [0.25, 0.3) is 17.7 Å². The molecule has 2 unspecified atom stereocenters. The molecule has 10 rings (SSSR count). The predicted molar refractivity (Wildman–Crippen MR) is 283 cm³/mol. The minimum atomic E-state index is -4.58. The van der Waals surface area contributed by atoms with Gasteiger partial charge in [0.05, 0.1) is 59.9 Å². The first-order valence-corrected chi connectivity index (χ1v) is 28.2. The van der Waals surface area contributed by atoms with E-state index in [4.69, 9.17) is 4.74 Å². The third-order valence-corrected chi connectivity index (χ3v) is 15.9. The number of nitrogens with zero attached hydrogens (tertiary/aromatic N) is 9. The summed E-state index contributed by atoms with van der Waals surface area (Å²) in [5, 5.41) is 31.4. The number of halogens is 8. The number of aromatic amines is 1. The molecule has 2 atom stereocenters. The van der Waals surface area contributed by atoms with E-state index < -0.39 is 58.8 Å². The lowest BCUT2D eigenvalue weighted by Crippen LogP contribution is -2.60. The Hall–Kier alpha value is -6.83. The Labute approximate surface area is 468 Å². The van der Waals surface area contributed by atoms with Crippen LogP contribution in [0.2, 0.25) is 0 Å². The molecule has 5 aliphatic rings. The van der Waals surface area contributed by atoms with Crippen LogP contribution in [0.25, 0.3) is 22.5 Å². The Morgan fingerprint density at radius 3 is 1.73 bits per heavy atom. The molecule has 5 fully saturated rings. The fourth-order valence-electron chi connectivity index (χ4n) is 11.7. The first-order valence-electron chi connectivity index (χ1n) is 28.2. The Morgan fingerprint density at radius 1 is 0.707 bits per heavy atom. The van der Waals surface area contributed by atoms with Crippen molar-refractivity contribution < 1.29 is 59.0 Å². The molecule has 0 spiro atoms. The van der Waals surface area contributed by atoms with Crippen LogP contribution in [0.15, 0.2) is 60.7 Å². The van der Waals surface area contributed by atoms with Gasteiger partial charge in [-0.25, -0.2) is 8.78 Å². The van der Waals surface area contributed by atoms with E-state index in [2.05, 4.69) is 46.8 Å². The average molecular weight is 1160 g/mol. The second-order valence-electron chi connectivity index (χ2n) is 22.5. The standard InChI is InChI=1S/C30H38F3N5O4.C26H31F5N8O/c1-29(18-42-19-29)35-26(39)15-20(16-27(40)37-13-7-2-8-14-37)34-28(41)24-17-25(38(36-24)21-9-3-4-10-21)22-11-5-6-12-23(22)30(31,32)33;27-25(28)11-5-12-38(16-25)13-10-17(14-23-33-36-37-34-23)32-24(40)21-15-22(39(35-21)18-6-1-2-7-18)19-8-3-4-9-20(19)26(29,30)31/h5-6,11-12,17,20-21H,2-4,7-10,13-16,18-19H2,1H3,(H,34,41)(H,35,39);3-4,8-9,15,17-18H,1-2,5-7,10-14,16H2,(H,32,40)(H,33,34,36,37). The van der Waals surface area contributed by atoms with E-state index in [9.17, 15) is 54.3 Å². The van der Waals surface area contributed by atoms with E-state index >= 15 is 0 Å². The Morgan fingerprint density at radius 2 is 1.24 bits per heavy atom. The van der Waals surface area contributed by atoms with Crippen molar-refractivity contribution in [2.45, 2.75) is 164 Å². The third kappa shape index (κ3) is 15.2. The number of carbonyl (C=O) groups excluding carboxylic acids is 4. The molecule has 3 aliphatic heterocycles. The molecule has 2 aliphatic carbocycles. The molecule has 4 N–H and O–H groups in total. The van der Waals surface area contributed by atoms with Gasteiger partial charge < -0.3 is 25.6 Å². The van der Waals surface area contributed by atoms with Gasteiger partial charge in [-0.3, -0.25) is 33.4 Å². The smallest absolute Gasteiger partial charge is 0.376 e. The summed E-state index contributed by atoms with van der Waals surface area (Å²) in [7, 11) is 0. The van der Waals surface area contributed by atoms with Crippen LogP contribution in [0.3, 0.4) is 0 Å². The molecule has 6 heterocycles. The maximum absolute atomic E-state index is 13.9. The lowest BCUT2D eigenvalue weighted by atomic mass is 9.99. The summed E-state index contributed by atoms with van der Waals surface area (Å²) >= 11 is 0. The molecule has 3 saturated heterocycles. The summed E-state index contributed by atoms with van der Waals surface area (Å²) in [6.07, 6.45) is 0.976. The van der Waals surface area contributed by atoms with Crippen LogP contribution in [-0.4, -0.2) is 143 Å². The average Bonchev–Trinajstić information content (AvgIpc) is 4.37. The molecule has 4 amide bonds. The fourth-order valence-corrected chi connectivity index (χ4v) is 11.7.